The number of likely N-dealkylation sites (tertiary alicyclic amines) is 1. The van der Waals surface area contributed by atoms with Crippen molar-refractivity contribution in [1.82, 2.24) is 29.1 Å². The highest BCUT2D eigenvalue weighted by molar-refractivity contribution is 6.31. The Bertz CT molecular complexity index is 1860. The fourth-order valence-electron chi connectivity index (χ4n) is 6.14. The SMILES string of the molecule is O=C1NCC(c2cn3c4c(cc(F)cc24)CN(C(=O)N2CC(F)(F)C(F)(F)C(F)(F)C2)CC3)=C1c1cnc2ccccn12. The average molecular weight is 607 g/mol. The molecule has 1 N–H and O–H groups in total. The zero-order valence-electron chi connectivity index (χ0n) is 22.1. The third-order valence-electron chi connectivity index (χ3n) is 8.18. The zero-order chi connectivity index (χ0) is 30.5. The summed E-state index contributed by atoms with van der Waals surface area (Å²) in [7, 11) is 0. The van der Waals surface area contributed by atoms with Crippen LogP contribution in [0.5, 0.6) is 0 Å². The lowest BCUT2D eigenvalue weighted by Gasteiger charge is -2.43. The van der Waals surface area contributed by atoms with E-state index in [0.29, 0.717) is 39.0 Å². The van der Waals surface area contributed by atoms with Crippen LogP contribution in [0.1, 0.15) is 16.8 Å². The van der Waals surface area contributed by atoms with Gasteiger partial charge in [-0.3, -0.25) is 9.20 Å². The lowest BCUT2D eigenvalue weighted by atomic mass is 9.98. The Kier molecular flexibility index (Phi) is 5.69. The number of fused-ring (bicyclic) bond motifs is 1. The van der Waals surface area contributed by atoms with E-state index in [1.807, 2.05) is 0 Å². The van der Waals surface area contributed by atoms with Gasteiger partial charge in [0.05, 0.1) is 36.1 Å². The van der Waals surface area contributed by atoms with E-state index in [2.05, 4.69) is 10.3 Å². The van der Waals surface area contributed by atoms with Crippen LogP contribution < -0.4 is 5.32 Å². The first-order valence-electron chi connectivity index (χ1n) is 13.2. The Labute approximate surface area is 238 Å². The van der Waals surface area contributed by atoms with Crippen molar-refractivity contribution in [3.8, 4) is 0 Å². The lowest BCUT2D eigenvalue weighted by molar-refractivity contribution is -0.333. The summed E-state index contributed by atoms with van der Waals surface area (Å²) in [4.78, 5) is 31.5. The Morgan fingerprint density at radius 3 is 2.47 bits per heavy atom. The molecule has 15 heteroatoms. The summed E-state index contributed by atoms with van der Waals surface area (Å²) in [6.45, 7) is -4.10. The highest BCUT2D eigenvalue weighted by Gasteiger charge is 2.75. The van der Waals surface area contributed by atoms with Crippen LogP contribution in [0.4, 0.5) is 35.5 Å². The molecule has 3 amide bonds. The number of pyridine rings is 1. The van der Waals surface area contributed by atoms with E-state index in [0.717, 1.165) is 11.0 Å². The average Bonchev–Trinajstić information content (AvgIpc) is 3.59. The van der Waals surface area contributed by atoms with Crippen LogP contribution in [0.3, 0.4) is 0 Å². The number of imidazole rings is 1. The van der Waals surface area contributed by atoms with Gasteiger partial charge in [0, 0.05) is 49.5 Å². The second-order valence-corrected chi connectivity index (χ2v) is 10.8. The maximum Gasteiger partial charge on any atom is 0.375 e. The number of piperidine rings is 1. The van der Waals surface area contributed by atoms with E-state index in [9.17, 15) is 35.9 Å². The summed E-state index contributed by atoms with van der Waals surface area (Å²) >= 11 is 0. The van der Waals surface area contributed by atoms with E-state index in [-0.39, 0.29) is 42.5 Å². The first-order chi connectivity index (χ1) is 20.3. The van der Waals surface area contributed by atoms with Crippen molar-refractivity contribution in [2.75, 3.05) is 26.2 Å². The monoisotopic (exact) mass is 606 g/mol. The number of carbonyl (C=O) groups excluding carboxylic acids is 2. The minimum absolute atomic E-state index is 0.0166. The summed E-state index contributed by atoms with van der Waals surface area (Å²) in [5, 5.41) is 3.22. The molecule has 3 aliphatic heterocycles. The quantitative estimate of drug-likeness (QED) is 0.339. The lowest BCUT2D eigenvalue weighted by Crippen LogP contribution is -2.69. The first kappa shape index (κ1) is 27.3. The van der Waals surface area contributed by atoms with E-state index in [1.54, 1.807) is 45.8 Å². The van der Waals surface area contributed by atoms with Crippen LogP contribution in [-0.4, -0.2) is 79.6 Å². The molecule has 0 spiro atoms. The third-order valence-corrected chi connectivity index (χ3v) is 8.18. The second kappa shape index (κ2) is 8.97. The first-order valence-corrected chi connectivity index (χ1v) is 13.2. The maximum atomic E-state index is 15.0. The van der Waals surface area contributed by atoms with Crippen LogP contribution in [0, 0.1) is 5.82 Å². The molecule has 0 aliphatic carbocycles. The van der Waals surface area contributed by atoms with Crippen LogP contribution in [0.15, 0.2) is 48.9 Å². The summed E-state index contributed by atoms with van der Waals surface area (Å²) in [6, 6.07) is 6.49. The number of nitrogens with one attached hydrogen (secondary N) is 1. The van der Waals surface area contributed by atoms with Crippen molar-refractivity contribution in [3.63, 3.8) is 0 Å². The standard InChI is InChI=1S/C28H21F7N6O2/c29-16-7-15-11-39(25(43)40-13-26(30,31)28(34,35)27(32,33)14-40)6-5-38-12-19(17(8-16)23(15)38)18-9-37-24(42)22(18)20-10-36-21-3-1-2-4-41(20)21/h1-4,7-8,10,12H,5-6,9,11,13-14H2,(H,37,42). The topological polar surface area (TPSA) is 74.9 Å². The normalized spacial score (nSPS) is 21.0. The van der Waals surface area contributed by atoms with Crippen LogP contribution in [-0.2, 0) is 17.9 Å². The van der Waals surface area contributed by atoms with E-state index in [1.165, 1.54) is 6.07 Å². The number of urea groups is 1. The third kappa shape index (κ3) is 3.93. The largest absolute Gasteiger partial charge is 0.375 e. The Morgan fingerprint density at radius 2 is 1.72 bits per heavy atom. The second-order valence-electron chi connectivity index (χ2n) is 10.8. The number of hydrogen-bond acceptors (Lipinski definition) is 3. The van der Waals surface area contributed by atoms with Crippen LogP contribution >= 0.6 is 0 Å². The minimum Gasteiger partial charge on any atom is -0.348 e. The predicted octanol–water partition coefficient (Wildman–Crippen LogP) is 4.63. The number of benzene rings is 1. The maximum absolute atomic E-state index is 15.0. The molecule has 3 aliphatic rings. The van der Waals surface area contributed by atoms with Gasteiger partial charge >= 0.3 is 23.8 Å². The Hall–Kier alpha value is -4.56. The highest BCUT2D eigenvalue weighted by Crippen LogP contribution is 2.49. The van der Waals surface area contributed by atoms with Gasteiger partial charge in [0.25, 0.3) is 5.91 Å². The molecule has 0 unspecified atom stereocenters. The van der Waals surface area contributed by atoms with Gasteiger partial charge in [-0.25, -0.2) is 14.2 Å². The summed E-state index contributed by atoms with van der Waals surface area (Å²) in [6.07, 6.45) is 5.01. The number of nitrogens with zero attached hydrogens (tertiary/aromatic N) is 5. The fourth-order valence-corrected chi connectivity index (χ4v) is 6.14. The predicted molar refractivity (Wildman–Crippen MR) is 139 cm³/mol. The molecule has 0 bridgehead atoms. The van der Waals surface area contributed by atoms with Gasteiger partial charge in [-0.05, 0) is 35.4 Å². The molecule has 224 valence electrons. The number of aromatic nitrogens is 3. The van der Waals surface area contributed by atoms with E-state index >= 15 is 4.39 Å². The number of amides is 3. The molecule has 0 radical (unpaired) electrons. The number of carbonyl (C=O) groups is 2. The van der Waals surface area contributed by atoms with Crippen LogP contribution in [0.25, 0.3) is 27.7 Å². The molecule has 7 rings (SSSR count). The van der Waals surface area contributed by atoms with Crippen molar-refractivity contribution >= 4 is 39.6 Å². The molecule has 8 nitrogen and oxygen atoms in total. The molecule has 1 aromatic carbocycles. The van der Waals surface area contributed by atoms with Gasteiger partial charge < -0.3 is 19.7 Å². The summed E-state index contributed by atoms with van der Waals surface area (Å²) in [5.74, 6) is -17.0. The molecule has 6 heterocycles. The van der Waals surface area contributed by atoms with Gasteiger partial charge in [0.15, 0.2) is 0 Å². The number of hydrogen-bond donors (Lipinski definition) is 1. The Morgan fingerprint density at radius 1 is 0.977 bits per heavy atom. The van der Waals surface area contributed by atoms with E-state index in [4.69, 9.17) is 0 Å². The van der Waals surface area contributed by atoms with Crippen molar-refractivity contribution in [2.45, 2.75) is 30.9 Å². The summed E-state index contributed by atoms with van der Waals surface area (Å²) in [5.41, 5.74) is 3.38. The molecule has 0 saturated carbocycles. The highest BCUT2D eigenvalue weighted by atomic mass is 19.3. The van der Waals surface area contributed by atoms with Gasteiger partial charge in [-0.1, -0.05) is 6.07 Å². The molecule has 0 atom stereocenters. The number of alkyl halides is 6. The molecule has 43 heavy (non-hydrogen) atoms. The molecule has 1 fully saturated rings. The molecule has 4 aromatic rings. The zero-order valence-corrected chi connectivity index (χ0v) is 22.1. The fraction of sp³-hybridized carbons (Fsp3) is 0.321. The van der Waals surface area contributed by atoms with Gasteiger partial charge in [0.1, 0.15) is 11.5 Å². The van der Waals surface area contributed by atoms with Crippen molar-refractivity contribution in [3.05, 3.63) is 71.6 Å². The van der Waals surface area contributed by atoms with Gasteiger partial charge in [-0.15, -0.1) is 0 Å². The smallest absolute Gasteiger partial charge is 0.348 e. The number of halogens is 7. The van der Waals surface area contributed by atoms with E-state index < -0.39 is 42.7 Å². The van der Waals surface area contributed by atoms with Crippen molar-refractivity contribution in [1.29, 1.82) is 0 Å². The molecular formula is C28H21F7N6O2. The van der Waals surface area contributed by atoms with Crippen LogP contribution in [0.2, 0.25) is 0 Å². The Balaban J connectivity index is 1.28. The van der Waals surface area contributed by atoms with Gasteiger partial charge in [0.2, 0.25) is 0 Å². The van der Waals surface area contributed by atoms with Gasteiger partial charge in [-0.2, -0.15) is 26.3 Å². The minimum atomic E-state index is -5.62. The molecule has 1 saturated heterocycles. The molecule has 3 aromatic heterocycles. The van der Waals surface area contributed by atoms with Crippen molar-refractivity contribution in [2.24, 2.45) is 0 Å². The summed E-state index contributed by atoms with van der Waals surface area (Å²) < 4.78 is 102. The van der Waals surface area contributed by atoms with Crippen molar-refractivity contribution < 1.29 is 40.3 Å². The number of rotatable bonds is 2. The molecular weight excluding hydrogens is 585 g/mol.